The van der Waals surface area contributed by atoms with Crippen molar-refractivity contribution in [3.8, 4) is 11.5 Å². The van der Waals surface area contributed by atoms with Crippen LogP contribution < -0.4 is 9.47 Å². The summed E-state index contributed by atoms with van der Waals surface area (Å²) in [6.45, 7) is 12.7. The lowest BCUT2D eigenvalue weighted by atomic mass is 9.93. The number of benzene rings is 2. The van der Waals surface area contributed by atoms with Crippen LogP contribution in [0.4, 0.5) is 0 Å². The number of likely N-dealkylation sites (tertiary alicyclic amines) is 1. The van der Waals surface area contributed by atoms with Crippen LogP contribution in [-0.4, -0.2) is 78.7 Å². The van der Waals surface area contributed by atoms with Crippen molar-refractivity contribution in [1.82, 2.24) is 9.80 Å². The van der Waals surface area contributed by atoms with E-state index in [9.17, 15) is 14.7 Å². The molecule has 1 amide bonds. The van der Waals surface area contributed by atoms with Gasteiger partial charge in [0.1, 0.15) is 17.3 Å². The van der Waals surface area contributed by atoms with Crippen LogP contribution in [0.1, 0.15) is 56.3 Å². The molecule has 8 heteroatoms. The average Bonchev–Trinajstić information content (AvgIpc) is 3.17. The number of aliphatic hydroxyl groups excluding tert-OH is 1. The Morgan fingerprint density at radius 3 is 2.38 bits per heavy atom. The number of ketones is 1. The number of carbonyl (C=O) groups is 2. The quantitative estimate of drug-likeness (QED) is 0.253. The molecule has 2 saturated heterocycles. The molecule has 0 radical (unpaired) electrons. The predicted molar refractivity (Wildman–Crippen MR) is 150 cm³/mol. The van der Waals surface area contributed by atoms with Crippen molar-refractivity contribution in [2.24, 2.45) is 0 Å². The standard InChI is InChI=1S/C31H40N2O6/c1-5-17-38-24-9-7-23(8-10-24)28-27(29(34)26-12-11-25(20-22(26)4)39-21(2)3)30(35)31(36)33(28)14-6-13-32-15-18-37-19-16-32/h7-12,20-21,28,34H,5-6,13-19H2,1-4H3. The molecule has 4 rings (SSSR count). The summed E-state index contributed by atoms with van der Waals surface area (Å²) in [5.74, 6) is -0.0263. The normalized spacial score (nSPS) is 19.6. The molecule has 1 N–H and O–H groups in total. The van der Waals surface area contributed by atoms with Crippen molar-refractivity contribution in [3.63, 3.8) is 0 Å². The molecular formula is C31H40N2O6. The smallest absolute Gasteiger partial charge is 0.295 e. The fraction of sp³-hybridized carbons (Fsp3) is 0.484. The van der Waals surface area contributed by atoms with E-state index in [1.807, 2.05) is 58.0 Å². The minimum absolute atomic E-state index is 0.0101. The maximum absolute atomic E-state index is 13.4. The predicted octanol–water partition coefficient (Wildman–Crippen LogP) is 4.72. The number of morpholine rings is 1. The highest BCUT2D eigenvalue weighted by molar-refractivity contribution is 6.46. The van der Waals surface area contributed by atoms with Gasteiger partial charge in [-0.3, -0.25) is 14.5 Å². The average molecular weight is 537 g/mol. The SMILES string of the molecule is CCCOc1ccc(C2C(=C(O)c3ccc(OC(C)C)cc3C)C(=O)C(=O)N2CCCN2CCOCC2)cc1. The number of nitrogens with zero attached hydrogens (tertiary/aromatic N) is 2. The molecule has 0 spiro atoms. The molecule has 1 unspecified atom stereocenters. The molecule has 39 heavy (non-hydrogen) atoms. The van der Waals surface area contributed by atoms with E-state index in [4.69, 9.17) is 14.2 Å². The van der Waals surface area contributed by atoms with Crippen molar-refractivity contribution in [3.05, 3.63) is 64.7 Å². The number of carbonyl (C=O) groups excluding carboxylic acids is 2. The number of rotatable bonds is 11. The van der Waals surface area contributed by atoms with Crippen LogP contribution >= 0.6 is 0 Å². The van der Waals surface area contributed by atoms with Gasteiger partial charge in [0.25, 0.3) is 11.7 Å². The Labute approximate surface area is 231 Å². The van der Waals surface area contributed by atoms with E-state index in [-0.39, 0.29) is 17.4 Å². The lowest BCUT2D eigenvalue weighted by Gasteiger charge is -2.29. The maximum atomic E-state index is 13.4. The molecule has 0 saturated carbocycles. The number of Topliss-reactive ketones (excluding diaryl/α,β-unsaturated/α-hetero) is 1. The van der Waals surface area contributed by atoms with Gasteiger partial charge in [-0.1, -0.05) is 19.1 Å². The Kier molecular flexibility index (Phi) is 9.64. The molecule has 2 aromatic carbocycles. The zero-order valence-corrected chi connectivity index (χ0v) is 23.4. The Hall–Kier alpha value is -3.36. The van der Waals surface area contributed by atoms with E-state index < -0.39 is 17.7 Å². The summed E-state index contributed by atoms with van der Waals surface area (Å²) in [6.07, 6.45) is 1.61. The molecule has 0 aromatic heterocycles. The molecule has 0 bridgehead atoms. The van der Waals surface area contributed by atoms with Gasteiger partial charge < -0.3 is 24.2 Å². The zero-order chi connectivity index (χ0) is 27.9. The van der Waals surface area contributed by atoms with Gasteiger partial charge in [0.05, 0.1) is 37.5 Å². The lowest BCUT2D eigenvalue weighted by Crippen LogP contribution is -2.38. The Morgan fingerprint density at radius 2 is 1.74 bits per heavy atom. The van der Waals surface area contributed by atoms with Gasteiger partial charge in [0.15, 0.2) is 0 Å². The molecule has 0 aliphatic carbocycles. The third-order valence-corrected chi connectivity index (χ3v) is 7.01. The van der Waals surface area contributed by atoms with Gasteiger partial charge in [0, 0.05) is 31.7 Å². The number of amides is 1. The van der Waals surface area contributed by atoms with Gasteiger partial charge in [-0.25, -0.2) is 0 Å². The van der Waals surface area contributed by atoms with E-state index in [2.05, 4.69) is 4.90 Å². The van der Waals surface area contributed by atoms with Crippen molar-refractivity contribution in [2.75, 3.05) is 46.0 Å². The van der Waals surface area contributed by atoms with Gasteiger partial charge in [-0.05, 0) is 75.1 Å². The molecule has 2 aromatic rings. The summed E-state index contributed by atoms with van der Waals surface area (Å²) in [5.41, 5.74) is 2.12. The summed E-state index contributed by atoms with van der Waals surface area (Å²) in [6, 6.07) is 12.1. The summed E-state index contributed by atoms with van der Waals surface area (Å²) in [4.78, 5) is 30.7. The first kappa shape index (κ1) is 28.6. The monoisotopic (exact) mass is 536 g/mol. The van der Waals surface area contributed by atoms with Gasteiger partial charge in [0.2, 0.25) is 0 Å². The van der Waals surface area contributed by atoms with E-state index in [0.29, 0.717) is 44.1 Å². The second-order valence-corrected chi connectivity index (χ2v) is 10.4. The van der Waals surface area contributed by atoms with Crippen LogP contribution in [0.3, 0.4) is 0 Å². The van der Waals surface area contributed by atoms with Crippen molar-refractivity contribution >= 4 is 17.4 Å². The number of aryl methyl sites for hydroxylation is 1. The fourth-order valence-corrected chi connectivity index (χ4v) is 5.11. The van der Waals surface area contributed by atoms with E-state index >= 15 is 0 Å². The molecule has 1 atom stereocenters. The first-order valence-corrected chi connectivity index (χ1v) is 13.9. The molecule has 2 heterocycles. The van der Waals surface area contributed by atoms with Crippen LogP contribution in [-0.2, 0) is 14.3 Å². The first-order valence-electron chi connectivity index (χ1n) is 13.9. The van der Waals surface area contributed by atoms with Crippen LogP contribution in [0.25, 0.3) is 5.76 Å². The summed E-state index contributed by atoms with van der Waals surface area (Å²) >= 11 is 0. The molecule has 2 aliphatic heterocycles. The first-order chi connectivity index (χ1) is 18.8. The third-order valence-electron chi connectivity index (χ3n) is 7.01. The third kappa shape index (κ3) is 6.81. The van der Waals surface area contributed by atoms with E-state index in [1.165, 1.54) is 0 Å². The highest BCUT2D eigenvalue weighted by Crippen LogP contribution is 2.40. The van der Waals surface area contributed by atoms with Crippen molar-refractivity contribution < 1.29 is 28.9 Å². The number of aliphatic hydroxyl groups is 1. The molecule has 210 valence electrons. The van der Waals surface area contributed by atoms with Crippen molar-refractivity contribution in [2.45, 2.75) is 52.7 Å². The number of hydrogen-bond acceptors (Lipinski definition) is 7. The highest BCUT2D eigenvalue weighted by Gasteiger charge is 2.46. The second-order valence-electron chi connectivity index (χ2n) is 10.4. The Balaban J connectivity index is 1.67. The largest absolute Gasteiger partial charge is 0.507 e. The van der Waals surface area contributed by atoms with Crippen LogP contribution in [0.15, 0.2) is 48.0 Å². The molecule has 2 aliphatic rings. The maximum Gasteiger partial charge on any atom is 0.295 e. The summed E-state index contributed by atoms with van der Waals surface area (Å²) in [7, 11) is 0. The van der Waals surface area contributed by atoms with Crippen LogP contribution in [0, 0.1) is 6.92 Å². The number of hydrogen-bond donors (Lipinski definition) is 1. The lowest BCUT2D eigenvalue weighted by molar-refractivity contribution is -0.140. The van der Waals surface area contributed by atoms with Gasteiger partial charge in [-0.15, -0.1) is 0 Å². The Morgan fingerprint density at radius 1 is 1.05 bits per heavy atom. The summed E-state index contributed by atoms with van der Waals surface area (Å²) < 4.78 is 17.0. The fourth-order valence-electron chi connectivity index (χ4n) is 5.11. The van der Waals surface area contributed by atoms with Crippen LogP contribution in [0.5, 0.6) is 11.5 Å². The molecule has 2 fully saturated rings. The zero-order valence-electron chi connectivity index (χ0n) is 23.4. The van der Waals surface area contributed by atoms with Crippen molar-refractivity contribution in [1.29, 1.82) is 0 Å². The van der Waals surface area contributed by atoms with Crippen LogP contribution in [0.2, 0.25) is 0 Å². The Bertz CT molecular complexity index is 1180. The minimum atomic E-state index is -0.694. The highest BCUT2D eigenvalue weighted by atomic mass is 16.5. The molecule has 8 nitrogen and oxygen atoms in total. The van der Waals surface area contributed by atoms with Gasteiger partial charge in [-0.2, -0.15) is 0 Å². The topological polar surface area (TPSA) is 88.5 Å². The van der Waals surface area contributed by atoms with E-state index in [0.717, 1.165) is 42.9 Å². The second kappa shape index (κ2) is 13.1. The van der Waals surface area contributed by atoms with Gasteiger partial charge >= 0.3 is 0 Å². The summed E-state index contributed by atoms with van der Waals surface area (Å²) in [5, 5.41) is 11.5. The van der Waals surface area contributed by atoms with E-state index in [1.54, 1.807) is 17.0 Å². The number of ether oxygens (including phenoxy) is 3. The minimum Gasteiger partial charge on any atom is -0.507 e. The molecular weight excluding hydrogens is 496 g/mol.